The van der Waals surface area contributed by atoms with E-state index >= 15 is 0 Å². The summed E-state index contributed by atoms with van der Waals surface area (Å²) in [6.07, 6.45) is 5.18. The third kappa shape index (κ3) is 4.51. The number of carbonyl (C=O) groups is 1. The highest BCUT2D eigenvalue weighted by molar-refractivity contribution is 6.33. The minimum absolute atomic E-state index is 0.253. The van der Waals surface area contributed by atoms with Crippen LogP contribution in [0.4, 0.5) is 5.69 Å². The van der Waals surface area contributed by atoms with Crippen LogP contribution < -0.4 is 25.8 Å². The number of benzene rings is 2. The molecule has 0 spiro atoms. The number of pyridine rings is 1. The van der Waals surface area contributed by atoms with Gasteiger partial charge in [-0.25, -0.2) is 0 Å². The number of anilines is 1. The molecule has 0 atom stereocenters. The van der Waals surface area contributed by atoms with E-state index in [0.29, 0.717) is 45.0 Å². The first-order valence-corrected chi connectivity index (χ1v) is 10.3. The minimum Gasteiger partial charge on any atom is -0.496 e. The minimum atomic E-state index is -0.595. The van der Waals surface area contributed by atoms with Gasteiger partial charge in [-0.1, -0.05) is 18.2 Å². The number of ether oxygens (including phenoxy) is 2. The number of halogens is 1. The topological polar surface area (TPSA) is 98.5 Å². The number of aromatic nitrogens is 1. The summed E-state index contributed by atoms with van der Waals surface area (Å²) in [4.78, 5) is 16.1. The fourth-order valence-corrected chi connectivity index (χ4v) is 3.60. The predicted octanol–water partition coefficient (Wildman–Crippen LogP) is 4.81. The van der Waals surface area contributed by atoms with Crippen LogP contribution in [0.5, 0.6) is 17.2 Å². The molecule has 0 saturated heterocycles. The fourth-order valence-electron chi connectivity index (χ4n) is 3.38. The molecule has 0 bridgehead atoms. The van der Waals surface area contributed by atoms with E-state index in [4.69, 9.17) is 26.8 Å². The molecule has 1 aliphatic carbocycles. The first kappa shape index (κ1) is 20.8. The van der Waals surface area contributed by atoms with E-state index < -0.39 is 5.91 Å². The van der Waals surface area contributed by atoms with Gasteiger partial charge >= 0.3 is 0 Å². The van der Waals surface area contributed by atoms with Crippen molar-refractivity contribution < 1.29 is 14.3 Å². The zero-order valence-corrected chi connectivity index (χ0v) is 17.8. The van der Waals surface area contributed by atoms with E-state index in [9.17, 15) is 4.79 Å². The Morgan fingerprint density at radius 2 is 2.03 bits per heavy atom. The molecule has 31 heavy (non-hydrogen) atoms. The summed E-state index contributed by atoms with van der Waals surface area (Å²) in [6, 6.07) is 10.8. The molecular formula is C23H23ClN4O3. The number of nitrogens with one attached hydrogen (secondary N) is 2. The molecule has 3 aromatic rings. The maximum atomic E-state index is 11.8. The van der Waals surface area contributed by atoms with Crippen LogP contribution in [0.3, 0.4) is 0 Å². The third-order valence-electron chi connectivity index (χ3n) is 5.23. The van der Waals surface area contributed by atoms with E-state index in [1.807, 2.05) is 6.07 Å². The van der Waals surface area contributed by atoms with Crippen molar-refractivity contribution in [1.82, 2.24) is 10.3 Å². The Labute approximate surface area is 185 Å². The normalized spacial score (nSPS) is 13.4. The molecule has 8 heteroatoms. The van der Waals surface area contributed by atoms with Crippen molar-refractivity contribution in [3.05, 3.63) is 65.6 Å². The molecule has 1 heterocycles. The summed E-state index contributed by atoms with van der Waals surface area (Å²) < 4.78 is 11.3. The van der Waals surface area contributed by atoms with Crippen LogP contribution in [0.15, 0.2) is 55.0 Å². The Hall–Kier alpha value is -3.45. The Bertz CT molecular complexity index is 1160. The van der Waals surface area contributed by atoms with Gasteiger partial charge in [0.1, 0.15) is 17.2 Å². The fraction of sp³-hybridized carbons (Fsp3) is 0.217. The number of rotatable bonds is 8. The zero-order chi connectivity index (χ0) is 22.0. The number of hydrogen-bond donors (Lipinski definition) is 3. The van der Waals surface area contributed by atoms with Gasteiger partial charge in [0.25, 0.3) is 5.91 Å². The van der Waals surface area contributed by atoms with Crippen molar-refractivity contribution in [2.24, 2.45) is 5.73 Å². The van der Waals surface area contributed by atoms with Crippen LogP contribution in [0, 0.1) is 0 Å². The van der Waals surface area contributed by atoms with Gasteiger partial charge in [0.05, 0.1) is 34.7 Å². The molecule has 160 valence electrons. The molecule has 0 aliphatic heterocycles. The maximum absolute atomic E-state index is 11.8. The molecule has 1 aromatic heterocycles. The standard InChI is InChI=1S/C23H23ClN4O3/c1-13(27-14-4-3-5-14)28-19-7-6-15(10-18(19)24)31-21-8-9-26-20-12-22(30-2)17(23(25)29)11-16(20)21/h6-12,14,27-28H,1,3-5H2,2H3,(H2,25,29). The van der Waals surface area contributed by atoms with Crippen LogP contribution in [0.2, 0.25) is 5.02 Å². The van der Waals surface area contributed by atoms with Gasteiger partial charge in [-0.05, 0) is 43.5 Å². The zero-order valence-electron chi connectivity index (χ0n) is 17.1. The van der Waals surface area contributed by atoms with Crippen LogP contribution in [-0.4, -0.2) is 24.0 Å². The molecule has 1 fully saturated rings. The molecule has 1 saturated carbocycles. The second-order valence-electron chi connectivity index (χ2n) is 7.36. The summed E-state index contributed by atoms with van der Waals surface area (Å²) in [6.45, 7) is 4.01. The first-order valence-electron chi connectivity index (χ1n) is 9.91. The van der Waals surface area contributed by atoms with Crippen molar-refractivity contribution in [2.45, 2.75) is 25.3 Å². The number of methoxy groups -OCH3 is 1. The summed E-state index contributed by atoms with van der Waals surface area (Å²) in [5.41, 5.74) is 7.08. The van der Waals surface area contributed by atoms with E-state index in [2.05, 4.69) is 22.2 Å². The van der Waals surface area contributed by atoms with Crippen LogP contribution in [-0.2, 0) is 0 Å². The second-order valence-corrected chi connectivity index (χ2v) is 7.77. The number of nitrogens with zero attached hydrogens (tertiary/aromatic N) is 1. The van der Waals surface area contributed by atoms with Gasteiger partial charge in [-0.3, -0.25) is 9.78 Å². The van der Waals surface area contributed by atoms with Gasteiger partial charge in [0, 0.05) is 29.8 Å². The average Bonchev–Trinajstić information content (AvgIpc) is 2.72. The number of nitrogens with two attached hydrogens (primary N) is 1. The molecule has 0 unspecified atom stereocenters. The van der Waals surface area contributed by atoms with Gasteiger partial charge in [-0.2, -0.15) is 0 Å². The predicted molar refractivity (Wildman–Crippen MR) is 122 cm³/mol. The van der Waals surface area contributed by atoms with E-state index in [1.165, 1.54) is 13.5 Å². The number of primary amides is 1. The lowest BCUT2D eigenvalue weighted by Crippen LogP contribution is -2.36. The van der Waals surface area contributed by atoms with Crippen LogP contribution in [0.1, 0.15) is 29.6 Å². The Kier molecular flexibility index (Phi) is 5.86. The molecule has 7 nitrogen and oxygen atoms in total. The monoisotopic (exact) mass is 438 g/mol. The highest BCUT2D eigenvalue weighted by Crippen LogP contribution is 2.35. The number of hydrogen-bond acceptors (Lipinski definition) is 6. The summed E-state index contributed by atoms with van der Waals surface area (Å²) in [7, 11) is 1.47. The van der Waals surface area contributed by atoms with Gasteiger partial charge in [-0.15, -0.1) is 0 Å². The van der Waals surface area contributed by atoms with Gasteiger partial charge in [0.15, 0.2) is 0 Å². The lowest BCUT2D eigenvalue weighted by Gasteiger charge is -2.28. The van der Waals surface area contributed by atoms with Crippen molar-refractivity contribution in [1.29, 1.82) is 0 Å². The molecule has 2 aromatic carbocycles. The lowest BCUT2D eigenvalue weighted by molar-refractivity contribution is 0.0997. The quantitative estimate of drug-likeness (QED) is 0.466. The van der Waals surface area contributed by atoms with Crippen molar-refractivity contribution in [3.63, 3.8) is 0 Å². The lowest BCUT2D eigenvalue weighted by atomic mass is 9.93. The summed E-state index contributed by atoms with van der Waals surface area (Å²) in [5, 5.41) is 7.66. The van der Waals surface area contributed by atoms with Crippen molar-refractivity contribution in [3.8, 4) is 17.2 Å². The molecule has 0 radical (unpaired) electrons. The Morgan fingerprint density at radius 3 is 2.68 bits per heavy atom. The second kappa shape index (κ2) is 8.73. The summed E-state index contributed by atoms with van der Waals surface area (Å²) in [5.74, 6) is 1.54. The number of fused-ring (bicyclic) bond motifs is 1. The van der Waals surface area contributed by atoms with Crippen LogP contribution in [0.25, 0.3) is 10.9 Å². The van der Waals surface area contributed by atoms with E-state index in [0.717, 1.165) is 18.5 Å². The Balaban J connectivity index is 1.57. The van der Waals surface area contributed by atoms with Crippen molar-refractivity contribution in [2.75, 3.05) is 12.4 Å². The number of amides is 1. The van der Waals surface area contributed by atoms with E-state index in [-0.39, 0.29) is 5.56 Å². The molecule has 1 amide bonds. The summed E-state index contributed by atoms with van der Waals surface area (Å²) >= 11 is 6.45. The Morgan fingerprint density at radius 1 is 1.23 bits per heavy atom. The molecule has 1 aliphatic rings. The highest BCUT2D eigenvalue weighted by Gasteiger charge is 2.18. The molecule has 4 rings (SSSR count). The molecular weight excluding hydrogens is 416 g/mol. The average molecular weight is 439 g/mol. The van der Waals surface area contributed by atoms with E-state index in [1.54, 1.807) is 36.5 Å². The highest BCUT2D eigenvalue weighted by atomic mass is 35.5. The van der Waals surface area contributed by atoms with Gasteiger partial charge < -0.3 is 25.8 Å². The van der Waals surface area contributed by atoms with Crippen molar-refractivity contribution >= 4 is 34.1 Å². The molecule has 4 N–H and O–H groups in total. The first-order chi connectivity index (χ1) is 14.9. The number of carbonyl (C=O) groups excluding carboxylic acids is 1. The van der Waals surface area contributed by atoms with Gasteiger partial charge in [0.2, 0.25) is 0 Å². The maximum Gasteiger partial charge on any atom is 0.252 e. The van der Waals surface area contributed by atoms with Crippen LogP contribution >= 0.6 is 11.6 Å². The third-order valence-corrected chi connectivity index (χ3v) is 5.54. The smallest absolute Gasteiger partial charge is 0.252 e. The SMILES string of the molecule is C=C(Nc1ccc(Oc2ccnc3cc(OC)c(C(N)=O)cc23)cc1Cl)NC1CCC1. The largest absolute Gasteiger partial charge is 0.496 e.